The quantitative estimate of drug-likeness (QED) is 0.0235. The molecular formula is C36H61N11O10. The van der Waals surface area contributed by atoms with Gasteiger partial charge in [0.1, 0.15) is 36.0 Å². The smallest absolute Gasteiger partial charge is 0.326 e. The molecule has 0 heterocycles. The number of aliphatic hydroxyl groups excluding tert-OH is 1. The molecule has 0 aliphatic carbocycles. The summed E-state index contributed by atoms with van der Waals surface area (Å²) in [6.45, 7) is 5.02. The van der Waals surface area contributed by atoms with E-state index in [-0.39, 0.29) is 63.3 Å². The maximum absolute atomic E-state index is 13.8. The molecule has 1 aromatic rings. The van der Waals surface area contributed by atoms with Crippen molar-refractivity contribution < 1.29 is 48.9 Å². The summed E-state index contributed by atoms with van der Waals surface area (Å²) in [5, 5.41) is 42.6. The van der Waals surface area contributed by atoms with Crippen LogP contribution < -0.4 is 55.3 Å². The van der Waals surface area contributed by atoms with Gasteiger partial charge in [0.2, 0.25) is 35.4 Å². The van der Waals surface area contributed by atoms with Crippen molar-refractivity contribution >= 4 is 47.4 Å². The number of rotatable bonds is 27. The first-order valence-corrected chi connectivity index (χ1v) is 18.8. The molecule has 18 N–H and O–H groups in total. The molecule has 21 heteroatoms. The number of aliphatic hydroxyl groups is 1. The minimum atomic E-state index is -1.64. The van der Waals surface area contributed by atoms with Gasteiger partial charge < -0.3 is 70.6 Å². The van der Waals surface area contributed by atoms with E-state index in [4.69, 9.17) is 28.7 Å². The zero-order valence-corrected chi connectivity index (χ0v) is 32.7. The van der Waals surface area contributed by atoms with Crippen molar-refractivity contribution in [2.45, 2.75) is 121 Å². The number of guanidine groups is 1. The fraction of sp³-hybridized carbons (Fsp3) is 0.611. The average molecular weight is 808 g/mol. The number of carboxylic acid groups (broad SMARTS) is 1. The zero-order valence-electron chi connectivity index (χ0n) is 32.7. The third-order valence-electron chi connectivity index (χ3n) is 9.04. The van der Waals surface area contributed by atoms with Crippen LogP contribution in [0.2, 0.25) is 0 Å². The first kappa shape index (κ1) is 49.5. The van der Waals surface area contributed by atoms with Gasteiger partial charge in [-0.25, -0.2) is 4.79 Å². The number of unbranched alkanes of at least 4 members (excludes halogenated alkanes) is 1. The first-order chi connectivity index (χ1) is 26.8. The van der Waals surface area contributed by atoms with Crippen LogP contribution in [-0.4, -0.2) is 118 Å². The Balaban J connectivity index is 3.26. The largest absolute Gasteiger partial charge is 0.508 e. The van der Waals surface area contributed by atoms with E-state index in [0.29, 0.717) is 24.8 Å². The summed E-state index contributed by atoms with van der Waals surface area (Å²) in [6, 6.07) is -2.33. The Bertz CT molecular complexity index is 1520. The van der Waals surface area contributed by atoms with E-state index < -0.39 is 89.7 Å². The highest BCUT2D eigenvalue weighted by atomic mass is 16.4. The molecule has 1 rings (SSSR count). The summed E-state index contributed by atoms with van der Waals surface area (Å²) in [5.74, 6) is -7.00. The molecule has 57 heavy (non-hydrogen) atoms. The zero-order chi connectivity index (χ0) is 43.2. The number of phenolic OH excluding ortho intramolecular Hbond substituents is 1. The SMILES string of the molecule is CC[C@H](C)[C@H](NC(=O)[C@H](CCCN=C(N)N)NC(=O)[C@@H](N)CCC(N)=O)C(=O)N[C@H](C(=O)N[C@@H](CCCCN)C(=O)N[C@@H](Cc1ccc(O)cc1)C(=O)O)[C@@H](C)O. The predicted octanol–water partition coefficient (Wildman–Crippen LogP) is -3.35. The van der Waals surface area contributed by atoms with Crippen molar-refractivity contribution in [3.8, 4) is 5.75 Å². The number of hydrogen-bond donors (Lipinski definition) is 13. The molecular weight excluding hydrogens is 746 g/mol. The number of aliphatic carboxylic acids is 1. The second kappa shape index (κ2) is 25.6. The Morgan fingerprint density at radius 2 is 1.25 bits per heavy atom. The Morgan fingerprint density at radius 1 is 0.719 bits per heavy atom. The van der Waals surface area contributed by atoms with Crippen molar-refractivity contribution in [3.05, 3.63) is 29.8 Å². The summed E-state index contributed by atoms with van der Waals surface area (Å²) in [4.78, 5) is 94.5. The Morgan fingerprint density at radius 3 is 1.77 bits per heavy atom. The number of primary amides is 1. The lowest BCUT2D eigenvalue weighted by molar-refractivity contribution is -0.142. The maximum Gasteiger partial charge on any atom is 0.326 e. The van der Waals surface area contributed by atoms with Crippen molar-refractivity contribution in [1.82, 2.24) is 26.6 Å². The van der Waals surface area contributed by atoms with E-state index in [0.717, 1.165) is 0 Å². The number of nitrogens with two attached hydrogens (primary N) is 5. The average Bonchev–Trinajstić information content (AvgIpc) is 3.15. The lowest BCUT2D eigenvalue weighted by atomic mass is 9.96. The van der Waals surface area contributed by atoms with E-state index in [2.05, 4.69) is 31.6 Å². The molecule has 0 saturated carbocycles. The number of nitrogens with one attached hydrogen (secondary N) is 5. The van der Waals surface area contributed by atoms with Crippen LogP contribution in [0.3, 0.4) is 0 Å². The summed E-state index contributed by atoms with van der Waals surface area (Å²) < 4.78 is 0. The first-order valence-electron chi connectivity index (χ1n) is 18.8. The Kier molecular flexibility index (Phi) is 22.2. The van der Waals surface area contributed by atoms with Crippen LogP contribution in [0.15, 0.2) is 29.3 Å². The van der Waals surface area contributed by atoms with E-state index >= 15 is 0 Å². The highest BCUT2D eigenvalue weighted by Crippen LogP contribution is 2.14. The van der Waals surface area contributed by atoms with Gasteiger partial charge in [-0.3, -0.25) is 33.8 Å². The van der Waals surface area contributed by atoms with Gasteiger partial charge in [-0.1, -0.05) is 32.4 Å². The number of aromatic hydroxyl groups is 1. The van der Waals surface area contributed by atoms with Crippen molar-refractivity contribution in [1.29, 1.82) is 0 Å². The van der Waals surface area contributed by atoms with Crippen LogP contribution in [0.5, 0.6) is 5.75 Å². The highest BCUT2D eigenvalue weighted by molar-refractivity contribution is 5.96. The van der Waals surface area contributed by atoms with Crippen LogP contribution in [0.1, 0.15) is 77.7 Å². The molecule has 0 fully saturated rings. The van der Waals surface area contributed by atoms with Gasteiger partial charge in [0, 0.05) is 19.4 Å². The summed E-state index contributed by atoms with van der Waals surface area (Å²) in [5.41, 5.74) is 28.0. The molecule has 0 spiro atoms. The number of aliphatic imine (C=N–C) groups is 1. The van der Waals surface area contributed by atoms with Crippen molar-refractivity contribution in [2.24, 2.45) is 39.6 Å². The molecule has 0 aliphatic heterocycles. The van der Waals surface area contributed by atoms with Crippen LogP contribution in [0.25, 0.3) is 0 Å². The summed E-state index contributed by atoms with van der Waals surface area (Å²) in [6.07, 6.45) is -0.445. The predicted molar refractivity (Wildman–Crippen MR) is 209 cm³/mol. The lowest BCUT2D eigenvalue weighted by Crippen LogP contribution is -2.62. The number of benzene rings is 1. The van der Waals surface area contributed by atoms with Gasteiger partial charge in [0.05, 0.1) is 12.1 Å². The third-order valence-corrected chi connectivity index (χ3v) is 9.04. The number of nitrogens with zero attached hydrogens (tertiary/aromatic N) is 1. The molecule has 0 aromatic heterocycles. The standard InChI is InChI=1S/C36H61N11O10/c1-4-19(2)28(46-32(53)25(9-7-17-42-36(40)41)43-30(51)23(38)14-15-27(39)50)33(54)47-29(20(3)48)34(55)44-24(8-5-6-16-37)31(52)45-26(35(56)57)18-21-10-12-22(49)13-11-21/h10-13,19-20,23-26,28-29,48-49H,4-9,14-18,37-38H2,1-3H3,(H2,39,50)(H,43,51)(H,44,55)(H,45,52)(H,46,53)(H,47,54)(H,56,57)(H4,40,41,42)/t19-,20+,23-,24-,25-,26-,28-,29-/m0/s1. The molecule has 0 saturated heterocycles. The molecule has 0 bridgehead atoms. The van der Waals surface area contributed by atoms with Gasteiger partial charge in [0.15, 0.2) is 5.96 Å². The number of hydrogen-bond acceptors (Lipinski definition) is 12. The molecule has 0 radical (unpaired) electrons. The van der Waals surface area contributed by atoms with E-state index in [1.807, 2.05) is 0 Å². The van der Waals surface area contributed by atoms with Crippen molar-refractivity contribution in [3.63, 3.8) is 0 Å². The number of carbonyl (C=O) groups excluding carboxylic acids is 6. The van der Waals surface area contributed by atoms with Gasteiger partial charge in [-0.2, -0.15) is 0 Å². The van der Waals surface area contributed by atoms with Crippen LogP contribution in [0, 0.1) is 5.92 Å². The number of amides is 6. The fourth-order valence-electron chi connectivity index (χ4n) is 5.45. The Labute approximate surface area is 331 Å². The maximum atomic E-state index is 13.8. The van der Waals surface area contributed by atoms with Gasteiger partial charge in [-0.05, 0) is 75.6 Å². The van der Waals surface area contributed by atoms with Gasteiger partial charge in [0.25, 0.3) is 0 Å². The molecule has 6 amide bonds. The van der Waals surface area contributed by atoms with E-state index in [1.54, 1.807) is 13.8 Å². The lowest BCUT2D eigenvalue weighted by Gasteiger charge is -2.30. The highest BCUT2D eigenvalue weighted by Gasteiger charge is 2.36. The van der Waals surface area contributed by atoms with Gasteiger partial charge in [-0.15, -0.1) is 0 Å². The number of carbonyl (C=O) groups is 7. The fourth-order valence-corrected chi connectivity index (χ4v) is 5.45. The van der Waals surface area contributed by atoms with E-state index in [9.17, 15) is 48.9 Å². The molecule has 1 aromatic carbocycles. The minimum Gasteiger partial charge on any atom is -0.508 e. The van der Waals surface area contributed by atoms with Crippen LogP contribution >= 0.6 is 0 Å². The third kappa shape index (κ3) is 18.8. The molecule has 8 atom stereocenters. The van der Waals surface area contributed by atoms with E-state index in [1.165, 1.54) is 31.2 Å². The number of carboxylic acids is 1. The summed E-state index contributed by atoms with van der Waals surface area (Å²) in [7, 11) is 0. The van der Waals surface area contributed by atoms with Crippen LogP contribution in [0.4, 0.5) is 0 Å². The molecule has 21 nitrogen and oxygen atoms in total. The van der Waals surface area contributed by atoms with Crippen LogP contribution in [-0.2, 0) is 40.0 Å². The monoisotopic (exact) mass is 807 g/mol. The van der Waals surface area contributed by atoms with Gasteiger partial charge >= 0.3 is 5.97 Å². The second-order valence-electron chi connectivity index (χ2n) is 13.8. The topological polar surface area (TPSA) is 383 Å². The molecule has 0 aliphatic rings. The molecule has 0 unspecified atom stereocenters. The minimum absolute atomic E-state index is 0.00965. The Hall–Kier alpha value is -5.54. The van der Waals surface area contributed by atoms with Crippen molar-refractivity contribution in [2.75, 3.05) is 13.1 Å². The second-order valence-corrected chi connectivity index (χ2v) is 13.8. The number of phenols is 1. The molecule has 320 valence electrons. The normalized spacial score (nSPS) is 15.2. The summed E-state index contributed by atoms with van der Waals surface area (Å²) >= 11 is 0.